The van der Waals surface area contributed by atoms with Gasteiger partial charge in [-0.1, -0.05) is 0 Å². The van der Waals surface area contributed by atoms with Crippen molar-refractivity contribution in [3.8, 4) is 17.2 Å². The van der Waals surface area contributed by atoms with Crippen LogP contribution in [0.4, 0.5) is 17.3 Å². The minimum absolute atomic E-state index is 0.0270. The van der Waals surface area contributed by atoms with Crippen LogP contribution in [0.25, 0.3) is 11.0 Å². The standard InChI is InChI=1S/C26H28N4O7S/c1-15(2)37-25(31)16-6-8-17(9-7-16)30-38(32,33)19-10-11-20-21(14-19)29-26(28-20)27-18-12-22(34-3)24(36-5)23(13-18)35-4/h6-15,30H,1-5H3,(H2,27,28,29). The van der Waals surface area contributed by atoms with Gasteiger partial charge in [0.1, 0.15) is 0 Å². The zero-order valence-electron chi connectivity index (χ0n) is 21.5. The third-order valence-electron chi connectivity index (χ3n) is 5.41. The Hall–Kier alpha value is -4.45. The number of esters is 1. The topological polar surface area (TPSA) is 141 Å². The molecule has 200 valence electrons. The number of ether oxygens (including phenoxy) is 4. The Labute approximate surface area is 220 Å². The lowest BCUT2D eigenvalue weighted by atomic mass is 10.2. The van der Waals surface area contributed by atoms with Crippen LogP contribution < -0.4 is 24.2 Å². The number of aromatic nitrogens is 2. The van der Waals surface area contributed by atoms with E-state index in [2.05, 4.69) is 20.0 Å². The minimum atomic E-state index is -3.92. The Morgan fingerprint density at radius 2 is 1.55 bits per heavy atom. The number of hydrogen-bond acceptors (Lipinski definition) is 9. The molecule has 0 saturated carbocycles. The number of rotatable bonds is 10. The number of methoxy groups -OCH3 is 3. The molecule has 4 rings (SSSR count). The van der Waals surface area contributed by atoms with Crippen LogP contribution in [-0.4, -0.2) is 51.8 Å². The summed E-state index contributed by atoms with van der Waals surface area (Å²) in [6.07, 6.45) is -0.254. The number of nitrogens with one attached hydrogen (secondary N) is 3. The molecule has 0 bridgehead atoms. The molecule has 0 atom stereocenters. The van der Waals surface area contributed by atoms with E-state index < -0.39 is 16.0 Å². The van der Waals surface area contributed by atoms with Gasteiger partial charge in [-0.15, -0.1) is 0 Å². The lowest BCUT2D eigenvalue weighted by molar-refractivity contribution is 0.0378. The quantitative estimate of drug-likeness (QED) is 0.244. The van der Waals surface area contributed by atoms with Crippen molar-refractivity contribution in [2.75, 3.05) is 31.4 Å². The van der Waals surface area contributed by atoms with E-state index in [1.807, 2.05) is 0 Å². The van der Waals surface area contributed by atoms with Gasteiger partial charge in [-0.05, 0) is 56.3 Å². The van der Waals surface area contributed by atoms with E-state index in [4.69, 9.17) is 18.9 Å². The van der Waals surface area contributed by atoms with E-state index in [9.17, 15) is 13.2 Å². The smallest absolute Gasteiger partial charge is 0.338 e. The highest BCUT2D eigenvalue weighted by Crippen LogP contribution is 2.40. The summed E-state index contributed by atoms with van der Waals surface area (Å²) in [5, 5.41) is 3.13. The zero-order valence-corrected chi connectivity index (χ0v) is 22.3. The molecule has 0 aliphatic heterocycles. The molecule has 0 spiro atoms. The van der Waals surface area contributed by atoms with Crippen molar-refractivity contribution in [3.63, 3.8) is 0 Å². The molecule has 3 N–H and O–H groups in total. The number of benzene rings is 3. The fourth-order valence-corrected chi connectivity index (χ4v) is 4.75. The van der Waals surface area contributed by atoms with Gasteiger partial charge < -0.3 is 29.2 Å². The summed E-state index contributed by atoms with van der Waals surface area (Å²) in [5.41, 5.74) is 2.32. The summed E-state index contributed by atoms with van der Waals surface area (Å²) in [6, 6.07) is 14.0. The number of sulfonamides is 1. The average Bonchev–Trinajstić information content (AvgIpc) is 3.29. The Morgan fingerprint density at radius 1 is 0.895 bits per heavy atom. The molecule has 38 heavy (non-hydrogen) atoms. The second-order valence-corrected chi connectivity index (χ2v) is 10.1. The van der Waals surface area contributed by atoms with Gasteiger partial charge in [0.15, 0.2) is 11.5 Å². The molecule has 0 fully saturated rings. The summed E-state index contributed by atoms with van der Waals surface area (Å²) in [7, 11) is 0.643. The number of hydrogen-bond donors (Lipinski definition) is 3. The van der Waals surface area contributed by atoms with Gasteiger partial charge in [0.05, 0.1) is 48.9 Å². The summed E-state index contributed by atoms with van der Waals surface area (Å²) in [5.74, 6) is 1.30. The van der Waals surface area contributed by atoms with E-state index in [1.54, 1.807) is 32.0 Å². The van der Waals surface area contributed by atoms with Crippen LogP contribution in [0.15, 0.2) is 59.5 Å². The highest BCUT2D eigenvalue weighted by Gasteiger charge is 2.18. The first-order valence-corrected chi connectivity index (χ1v) is 13.0. The first kappa shape index (κ1) is 26.6. The molecule has 12 heteroatoms. The number of aromatic amines is 1. The van der Waals surface area contributed by atoms with Crippen LogP contribution in [0, 0.1) is 0 Å². The van der Waals surface area contributed by atoms with Crippen molar-refractivity contribution >= 4 is 44.3 Å². The summed E-state index contributed by atoms with van der Waals surface area (Å²) in [6.45, 7) is 3.51. The molecular formula is C26H28N4O7S. The normalized spacial score (nSPS) is 11.3. The second kappa shape index (κ2) is 10.9. The number of fused-ring (bicyclic) bond motifs is 1. The molecule has 0 unspecified atom stereocenters. The molecule has 0 aliphatic carbocycles. The van der Waals surface area contributed by atoms with Gasteiger partial charge in [-0.3, -0.25) is 4.72 Å². The fraction of sp³-hybridized carbons (Fsp3) is 0.231. The minimum Gasteiger partial charge on any atom is -0.493 e. The van der Waals surface area contributed by atoms with Crippen LogP contribution in [0.2, 0.25) is 0 Å². The number of imidazole rings is 1. The number of H-pyrrole nitrogens is 1. The highest BCUT2D eigenvalue weighted by atomic mass is 32.2. The highest BCUT2D eigenvalue weighted by molar-refractivity contribution is 7.92. The second-order valence-electron chi connectivity index (χ2n) is 8.44. The van der Waals surface area contributed by atoms with Crippen LogP contribution in [0.3, 0.4) is 0 Å². The van der Waals surface area contributed by atoms with Crippen LogP contribution >= 0.6 is 0 Å². The van der Waals surface area contributed by atoms with Crippen molar-refractivity contribution in [2.45, 2.75) is 24.8 Å². The third-order valence-corrected chi connectivity index (χ3v) is 6.79. The average molecular weight is 541 g/mol. The van der Waals surface area contributed by atoms with Crippen molar-refractivity contribution in [1.29, 1.82) is 0 Å². The Bertz CT molecular complexity index is 1540. The first-order chi connectivity index (χ1) is 18.1. The van der Waals surface area contributed by atoms with Crippen molar-refractivity contribution in [1.82, 2.24) is 9.97 Å². The van der Waals surface area contributed by atoms with Crippen molar-refractivity contribution in [2.24, 2.45) is 0 Å². The summed E-state index contributed by atoms with van der Waals surface area (Å²) < 4.78 is 49.8. The maximum Gasteiger partial charge on any atom is 0.338 e. The molecule has 0 aliphatic rings. The number of carbonyl (C=O) groups excluding carboxylic acids is 1. The van der Waals surface area contributed by atoms with Gasteiger partial charge in [-0.25, -0.2) is 18.2 Å². The predicted molar refractivity (Wildman–Crippen MR) is 143 cm³/mol. The van der Waals surface area contributed by atoms with Crippen LogP contribution in [-0.2, 0) is 14.8 Å². The molecule has 11 nitrogen and oxygen atoms in total. The molecular weight excluding hydrogens is 512 g/mol. The van der Waals surface area contributed by atoms with Crippen LogP contribution in [0.5, 0.6) is 17.2 Å². The monoisotopic (exact) mass is 540 g/mol. The zero-order chi connectivity index (χ0) is 27.4. The molecule has 0 amide bonds. The van der Waals surface area contributed by atoms with E-state index in [0.29, 0.717) is 51.2 Å². The lowest BCUT2D eigenvalue weighted by Crippen LogP contribution is -2.14. The van der Waals surface area contributed by atoms with E-state index in [1.165, 1.54) is 57.7 Å². The summed E-state index contributed by atoms with van der Waals surface area (Å²) >= 11 is 0. The Balaban J connectivity index is 1.54. The number of nitrogens with zero attached hydrogens (tertiary/aromatic N) is 1. The van der Waals surface area contributed by atoms with Crippen molar-refractivity contribution in [3.05, 3.63) is 60.2 Å². The largest absolute Gasteiger partial charge is 0.493 e. The first-order valence-electron chi connectivity index (χ1n) is 11.5. The fourth-order valence-electron chi connectivity index (χ4n) is 3.67. The molecule has 1 aromatic heterocycles. The van der Waals surface area contributed by atoms with Gasteiger partial charge in [0.2, 0.25) is 11.7 Å². The number of carbonyl (C=O) groups is 1. The van der Waals surface area contributed by atoms with Crippen molar-refractivity contribution < 1.29 is 32.2 Å². The Morgan fingerprint density at radius 3 is 2.13 bits per heavy atom. The van der Waals surface area contributed by atoms with Gasteiger partial charge in [0.25, 0.3) is 10.0 Å². The number of anilines is 3. The van der Waals surface area contributed by atoms with E-state index >= 15 is 0 Å². The van der Waals surface area contributed by atoms with Gasteiger partial charge in [0, 0.05) is 23.5 Å². The predicted octanol–water partition coefficient (Wildman–Crippen LogP) is 4.70. The molecule has 4 aromatic rings. The SMILES string of the molecule is COc1cc(Nc2nc3cc(S(=O)(=O)Nc4ccc(C(=O)OC(C)C)cc4)ccc3[nH]2)cc(OC)c1OC. The van der Waals surface area contributed by atoms with E-state index in [0.717, 1.165) is 0 Å². The lowest BCUT2D eigenvalue weighted by Gasteiger charge is -2.14. The maximum absolute atomic E-state index is 13.0. The molecule has 0 radical (unpaired) electrons. The van der Waals surface area contributed by atoms with Crippen LogP contribution in [0.1, 0.15) is 24.2 Å². The van der Waals surface area contributed by atoms with E-state index in [-0.39, 0.29) is 11.0 Å². The maximum atomic E-state index is 13.0. The molecule has 1 heterocycles. The molecule has 3 aromatic carbocycles. The summed E-state index contributed by atoms with van der Waals surface area (Å²) in [4.78, 5) is 19.6. The molecule has 0 saturated heterocycles. The van der Waals surface area contributed by atoms with Gasteiger partial charge >= 0.3 is 5.97 Å². The van der Waals surface area contributed by atoms with Gasteiger partial charge in [-0.2, -0.15) is 0 Å². The Kier molecular flexibility index (Phi) is 7.62. The third kappa shape index (κ3) is 5.75.